The Balaban J connectivity index is 1.80. The molecule has 2 rings (SSSR count). The fourth-order valence-corrected chi connectivity index (χ4v) is 2.58. The number of nitrogens with two attached hydrogens (primary N) is 1. The lowest BCUT2D eigenvalue weighted by Gasteiger charge is -2.26. The Labute approximate surface area is 115 Å². The standard InChI is InChI=1S/C15H24N2O2/c16-13-10-6-1-2-7-11-14(13)17-15(18)19-12-8-4-3-5-9-12/h3-4,6,10,12-14H,1-2,5,7-9,11,16H2,(H,17,18)/b10-6+/t12-,13?,14?/m1/s1. The van der Waals surface area contributed by atoms with Crippen LogP contribution < -0.4 is 11.1 Å². The summed E-state index contributed by atoms with van der Waals surface area (Å²) in [5.74, 6) is 0. The molecule has 0 bridgehead atoms. The number of carbonyl (C=O) groups excluding carboxylic acids is 1. The van der Waals surface area contributed by atoms with Gasteiger partial charge in [-0.3, -0.25) is 0 Å². The first-order chi connectivity index (χ1) is 9.25. The van der Waals surface area contributed by atoms with Crippen LogP contribution in [0.25, 0.3) is 0 Å². The van der Waals surface area contributed by atoms with Crippen LogP contribution in [0, 0.1) is 0 Å². The molecule has 0 aromatic rings. The SMILES string of the molecule is NC1/C=C/CCCCC1NC(=O)O[C@@H]1CC=CCC1. The van der Waals surface area contributed by atoms with Gasteiger partial charge in [0.15, 0.2) is 0 Å². The number of hydrogen-bond donors (Lipinski definition) is 2. The lowest BCUT2D eigenvalue weighted by atomic mass is 9.98. The highest BCUT2D eigenvalue weighted by Crippen LogP contribution is 2.15. The molecule has 0 spiro atoms. The molecule has 0 radical (unpaired) electrons. The van der Waals surface area contributed by atoms with Crippen LogP contribution in [0.3, 0.4) is 0 Å². The Morgan fingerprint density at radius 1 is 1.16 bits per heavy atom. The van der Waals surface area contributed by atoms with Gasteiger partial charge in [0.25, 0.3) is 0 Å². The summed E-state index contributed by atoms with van der Waals surface area (Å²) < 4.78 is 5.43. The molecule has 19 heavy (non-hydrogen) atoms. The molecule has 0 aliphatic heterocycles. The third kappa shape index (κ3) is 4.71. The first kappa shape index (κ1) is 14.1. The summed E-state index contributed by atoms with van der Waals surface area (Å²) in [6.07, 6.45) is 15.0. The lowest BCUT2D eigenvalue weighted by molar-refractivity contribution is 0.0884. The minimum atomic E-state index is -0.324. The molecule has 3 N–H and O–H groups in total. The van der Waals surface area contributed by atoms with E-state index in [0.29, 0.717) is 0 Å². The van der Waals surface area contributed by atoms with Crippen molar-refractivity contribution in [2.75, 3.05) is 0 Å². The predicted molar refractivity (Wildman–Crippen MR) is 75.8 cm³/mol. The molecule has 0 fully saturated rings. The van der Waals surface area contributed by atoms with E-state index in [1.807, 2.05) is 6.08 Å². The average Bonchev–Trinajstić information content (AvgIpc) is 2.40. The summed E-state index contributed by atoms with van der Waals surface area (Å²) in [5, 5.41) is 2.92. The summed E-state index contributed by atoms with van der Waals surface area (Å²) in [7, 11) is 0. The molecule has 4 heteroatoms. The number of ether oxygens (including phenoxy) is 1. The molecule has 3 atom stereocenters. The quantitative estimate of drug-likeness (QED) is 0.754. The van der Waals surface area contributed by atoms with E-state index in [1.165, 1.54) is 0 Å². The third-order valence-electron chi connectivity index (χ3n) is 3.76. The van der Waals surface area contributed by atoms with Gasteiger partial charge in [-0.1, -0.05) is 30.7 Å². The van der Waals surface area contributed by atoms with E-state index in [0.717, 1.165) is 44.9 Å². The Bertz CT molecular complexity index is 352. The second-order valence-corrected chi connectivity index (χ2v) is 5.35. The van der Waals surface area contributed by atoms with Crippen molar-refractivity contribution in [3.05, 3.63) is 24.3 Å². The molecular formula is C15H24N2O2. The minimum Gasteiger partial charge on any atom is -0.446 e. The predicted octanol–water partition coefficient (Wildman–Crippen LogP) is 2.65. The molecule has 2 aliphatic rings. The number of carbonyl (C=O) groups is 1. The van der Waals surface area contributed by atoms with Gasteiger partial charge in [-0.25, -0.2) is 4.79 Å². The van der Waals surface area contributed by atoms with Crippen LogP contribution in [-0.4, -0.2) is 24.3 Å². The molecule has 0 saturated carbocycles. The first-order valence-corrected chi connectivity index (χ1v) is 7.30. The molecule has 4 nitrogen and oxygen atoms in total. The highest BCUT2D eigenvalue weighted by molar-refractivity contribution is 5.68. The fraction of sp³-hybridized carbons (Fsp3) is 0.667. The molecular weight excluding hydrogens is 240 g/mol. The lowest BCUT2D eigenvalue weighted by Crippen LogP contribution is -2.47. The van der Waals surface area contributed by atoms with Gasteiger partial charge in [0.1, 0.15) is 6.10 Å². The molecule has 0 aromatic carbocycles. The molecule has 1 amide bonds. The zero-order valence-corrected chi connectivity index (χ0v) is 11.4. The summed E-state index contributed by atoms with van der Waals surface area (Å²) in [5.41, 5.74) is 6.06. The topological polar surface area (TPSA) is 64.3 Å². The minimum absolute atomic E-state index is 0.0109. The molecule has 0 saturated heterocycles. The summed E-state index contributed by atoms with van der Waals surface area (Å²) in [6, 6.07) is -0.123. The van der Waals surface area contributed by atoms with Gasteiger partial charge in [-0.2, -0.15) is 0 Å². The van der Waals surface area contributed by atoms with Gasteiger partial charge in [0.05, 0.1) is 6.04 Å². The average molecular weight is 264 g/mol. The summed E-state index contributed by atoms with van der Waals surface area (Å²) in [6.45, 7) is 0. The number of nitrogens with one attached hydrogen (secondary N) is 1. The number of hydrogen-bond acceptors (Lipinski definition) is 3. The van der Waals surface area contributed by atoms with Gasteiger partial charge in [-0.05, 0) is 32.1 Å². The van der Waals surface area contributed by atoms with E-state index in [2.05, 4.69) is 23.5 Å². The van der Waals surface area contributed by atoms with Crippen molar-refractivity contribution in [3.63, 3.8) is 0 Å². The number of rotatable bonds is 2. The molecule has 0 aromatic heterocycles. The van der Waals surface area contributed by atoms with Gasteiger partial charge in [-0.15, -0.1) is 0 Å². The van der Waals surface area contributed by atoms with E-state index in [-0.39, 0.29) is 24.3 Å². The number of alkyl carbamates (subject to hydrolysis) is 1. The Hall–Kier alpha value is -1.29. The zero-order valence-electron chi connectivity index (χ0n) is 11.4. The van der Waals surface area contributed by atoms with Crippen LogP contribution >= 0.6 is 0 Å². The van der Waals surface area contributed by atoms with Crippen molar-refractivity contribution in [1.82, 2.24) is 5.32 Å². The van der Waals surface area contributed by atoms with Crippen LogP contribution in [0.4, 0.5) is 4.79 Å². The van der Waals surface area contributed by atoms with Crippen LogP contribution in [0.1, 0.15) is 44.9 Å². The van der Waals surface area contributed by atoms with Crippen LogP contribution in [-0.2, 0) is 4.74 Å². The maximum Gasteiger partial charge on any atom is 0.407 e. The maximum absolute atomic E-state index is 11.9. The van der Waals surface area contributed by atoms with Crippen molar-refractivity contribution in [3.8, 4) is 0 Å². The first-order valence-electron chi connectivity index (χ1n) is 7.30. The van der Waals surface area contributed by atoms with Crippen molar-refractivity contribution in [1.29, 1.82) is 0 Å². The fourth-order valence-electron chi connectivity index (χ4n) is 2.58. The van der Waals surface area contributed by atoms with Crippen molar-refractivity contribution >= 4 is 6.09 Å². The molecule has 0 heterocycles. The molecule has 2 aliphatic carbocycles. The summed E-state index contributed by atoms with van der Waals surface area (Å²) in [4.78, 5) is 11.9. The summed E-state index contributed by atoms with van der Waals surface area (Å²) >= 11 is 0. The molecule has 2 unspecified atom stereocenters. The highest BCUT2D eigenvalue weighted by atomic mass is 16.6. The largest absolute Gasteiger partial charge is 0.446 e. The Morgan fingerprint density at radius 3 is 2.84 bits per heavy atom. The Kier molecular flexibility index (Phi) is 5.45. The normalized spacial score (nSPS) is 33.0. The smallest absolute Gasteiger partial charge is 0.407 e. The second kappa shape index (κ2) is 7.34. The molecule has 106 valence electrons. The third-order valence-corrected chi connectivity index (χ3v) is 3.76. The van der Waals surface area contributed by atoms with Crippen LogP contribution in [0.5, 0.6) is 0 Å². The second-order valence-electron chi connectivity index (χ2n) is 5.35. The van der Waals surface area contributed by atoms with Gasteiger partial charge >= 0.3 is 6.09 Å². The van der Waals surface area contributed by atoms with Crippen molar-refractivity contribution in [2.45, 2.75) is 63.1 Å². The van der Waals surface area contributed by atoms with Gasteiger partial charge in [0.2, 0.25) is 0 Å². The maximum atomic E-state index is 11.9. The number of amides is 1. The van der Waals surface area contributed by atoms with E-state index in [1.54, 1.807) is 0 Å². The van der Waals surface area contributed by atoms with Crippen LogP contribution in [0.2, 0.25) is 0 Å². The van der Waals surface area contributed by atoms with E-state index in [9.17, 15) is 4.79 Å². The van der Waals surface area contributed by atoms with Crippen LogP contribution in [0.15, 0.2) is 24.3 Å². The van der Waals surface area contributed by atoms with Crippen molar-refractivity contribution in [2.24, 2.45) is 5.73 Å². The van der Waals surface area contributed by atoms with Gasteiger partial charge < -0.3 is 15.8 Å². The van der Waals surface area contributed by atoms with E-state index in [4.69, 9.17) is 10.5 Å². The van der Waals surface area contributed by atoms with E-state index < -0.39 is 0 Å². The highest BCUT2D eigenvalue weighted by Gasteiger charge is 2.21. The Morgan fingerprint density at radius 2 is 2.05 bits per heavy atom. The van der Waals surface area contributed by atoms with E-state index >= 15 is 0 Å². The van der Waals surface area contributed by atoms with Crippen molar-refractivity contribution < 1.29 is 9.53 Å². The van der Waals surface area contributed by atoms with Gasteiger partial charge in [0, 0.05) is 12.5 Å². The number of allylic oxidation sites excluding steroid dienone is 2. The zero-order chi connectivity index (χ0) is 13.5. The monoisotopic (exact) mass is 264 g/mol.